The maximum Gasteiger partial charge on any atom is 0.407 e. The Morgan fingerprint density at radius 2 is 1.85 bits per heavy atom. The van der Waals surface area contributed by atoms with Gasteiger partial charge in [-0.05, 0) is 50.6 Å². The molecule has 7 heteroatoms. The largest absolute Gasteiger partial charge is 0.493 e. The average molecular weight is 372 g/mol. The molecule has 2 saturated heterocycles. The number of anilines is 1. The highest BCUT2D eigenvalue weighted by atomic mass is 16.5. The van der Waals surface area contributed by atoms with Crippen LogP contribution in [0.3, 0.4) is 0 Å². The minimum atomic E-state index is -0.886. The first-order valence-electron chi connectivity index (χ1n) is 9.79. The van der Waals surface area contributed by atoms with Gasteiger partial charge in [0.15, 0.2) is 0 Å². The number of nitrogens with zero attached hydrogens (tertiary/aromatic N) is 4. The molecule has 0 spiro atoms. The number of hydrogen-bond acceptors (Lipinski definition) is 5. The van der Waals surface area contributed by atoms with E-state index in [0.29, 0.717) is 38.3 Å². The summed E-state index contributed by atoms with van der Waals surface area (Å²) in [5.41, 5.74) is 1.43. The lowest BCUT2D eigenvalue weighted by Gasteiger charge is -2.35. The zero-order valence-electron chi connectivity index (χ0n) is 15.8. The summed E-state index contributed by atoms with van der Waals surface area (Å²) < 4.78 is 5.85. The number of hydrogen-bond donors (Lipinski definition) is 1. The smallest absolute Gasteiger partial charge is 0.407 e. The summed E-state index contributed by atoms with van der Waals surface area (Å²) in [6, 6.07) is 7.86. The van der Waals surface area contributed by atoms with E-state index in [1.54, 1.807) is 6.07 Å². The molecule has 27 heavy (non-hydrogen) atoms. The molecular formula is C20H28N4O3. The first-order chi connectivity index (χ1) is 13.2. The van der Waals surface area contributed by atoms with Crippen molar-refractivity contribution in [2.75, 3.05) is 57.3 Å². The van der Waals surface area contributed by atoms with Gasteiger partial charge in [-0.2, -0.15) is 5.26 Å². The fraction of sp³-hybridized carbons (Fsp3) is 0.600. The lowest BCUT2D eigenvalue weighted by atomic mass is 10.1. The molecule has 146 valence electrons. The van der Waals surface area contributed by atoms with E-state index in [4.69, 9.17) is 9.84 Å². The lowest BCUT2D eigenvalue weighted by Crippen LogP contribution is -2.48. The van der Waals surface area contributed by atoms with Crippen LogP contribution in [0.2, 0.25) is 0 Å². The van der Waals surface area contributed by atoms with E-state index in [0.717, 1.165) is 24.4 Å². The Morgan fingerprint density at radius 3 is 2.52 bits per heavy atom. The standard InChI is InChI=1S/C20H28N4O3/c21-16-17-15-18(27-14-4-9-22-7-2-1-3-8-22)5-6-19(17)23-10-12-24(13-11-23)20(25)26/h5-6,15H,1-4,7-14H2,(H,25,26). The molecule has 7 nitrogen and oxygen atoms in total. The van der Waals surface area contributed by atoms with Crippen LogP contribution >= 0.6 is 0 Å². The molecule has 2 heterocycles. The lowest BCUT2D eigenvalue weighted by molar-refractivity contribution is 0.142. The molecule has 0 saturated carbocycles. The minimum Gasteiger partial charge on any atom is -0.493 e. The number of likely N-dealkylation sites (tertiary alicyclic amines) is 1. The molecule has 2 fully saturated rings. The van der Waals surface area contributed by atoms with Crippen molar-refractivity contribution in [3.05, 3.63) is 23.8 Å². The van der Waals surface area contributed by atoms with Crippen molar-refractivity contribution in [3.63, 3.8) is 0 Å². The number of piperazine rings is 1. The van der Waals surface area contributed by atoms with E-state index in [2.05, 4.69) is 15.9 Å². The molecule has 2 aliphatic heterocycles. The van der Waals surface area contributed by atoms with Crippen molar-refractivity contribution < 1.29 is 14.6 Å². The molecule has 0 bridgehead atoms. The molecular weight excluding hydrogens is 344 g/mol. The van der Waals surface area contributed by atoms with Crippen molar-refractivity contribution in [1.82, 2.24) is 9.80 Å². The first-order valence-corrected chi connectivity index (χ1v) is 9.79. The first kappa shape index (κ1) is 19.3. The Hall–Kier alpha value is -2.46. The third-order valence-electron chi connectivity index (χ3n) is 5.32. The molecule has 0 aromatic heterocycles. The van der Waals surface area contributed by atoms with Crippen LogP contribution in [-0.2, 0) is 0 Å². The van der Waals surface area contributed by atoms with Crippen LogP contribution in [-0.4, -0.2) is 73.4 Å². The molecule has 1 amide bonds. The van der Waals surface area contributed by atoms with Gasteiger partial charge in [0, 0.05) is 32.7 Å². The van der Waals surface area contributed by atoms with Gasteiger partial charge in [-0.15, -0.1) is 0 Å². The Kier molecular flexibility index (Phi) is 6.77. The predicted octanol–water partition coefficient (Wildman–Crippen LogP) is 2.61. The Balaban J connectivity index is 1.50. The number of ether oxygens (including phenoxy) is 1. The number of carboxylic acid groups (broad SMARTS) is 1. The van der Waals surface area contributed by atoms with Gasteiger partial charge >= 0.3 is 6.09 Å². The van der Waals surface area contributed by atoms with Crippen LogP contribution in [0.15, 0.2) is 18.2 Å². The SMILES string of the molecule is N#Cc1cc(OCCCN2CCCCC2)ccc1N1CCN(C(=O)O)CC1. The molecule has 1 N–H and O–H groups in total. The van der Waals surface area contributed by atoms with Crippen molar-refractivity contribution in [1.29, 1.82) is 5.26 Å². The zero-order valence-corrected chi connectivity index (χ0v) is 15.8. The Bertz CT molecular complexity index is 674. The fourth-order valence-electron chi connectivity index (χ4n) is 3.77. The summed E-state index contributed by atoms with van der Waals surface area (Å²) in [7, 11) is 0. The summed E-state index contributed by atoms with van der Waals surface area (Å²) in [4.78, 5) is 17.0. The molecule has 0 atom stereocenters. The van der Waals surface area contributed by atoms with Gasteiger partial charge in [-0.1, -0.05) is 6.42 Å². The molecule has 0 radical (unpaired) electrons. The second kappa shape index (κ2) is 9.47. The summed E-state index contributed by atoms with van der Waals surface area (Å²) >= 11 is 0. The summed E-state index contributed by atoms with van der Waals surface area (Å²) in [6.07, 6.45) is 4.05. The normalized spacial score (nSPS) is 18.2. The highest BCUT2D eigenvalue weighted by Crippen LogP contribution is 2.26. The van der Waals surface area contributed by atoms with E-state index < -0.39 is 6.09 Å². The molecule has 0 aliphatic carbocycles. The van der Waals surface area contributed by atoms with E-state index in [1.165, 1.54) is 37.3 Å². The zero-order chi connectivity index (χ0) is 19.1. The van der Waals surface area contributed by atoms with Crippen molar-refractivity contribution in [2.24, 2.45) is 0 Å². The maximum atomic E-state index is 11.0. The van der Waals surface area contributed by atoms with Gasteiger partial charge in [0.1, 0.15) is 11.8 Å². The fourth-order valence-corrected chi connectivity index (χ4v) is 3.77. The van der Waals surface area contributed by atoms with E-state index in [1.807, 2.05) is 12.1 Å². The van der Waals surface area contributed by atoms with Crippen LogP contribution in [0.1, 0.15) is 31.2 Å². The second-order valence-corrected chi connectivity index (χ2v) is 7.15. The average Bonchev–Trinajstić information content (AvgIpc) is 2.72. The van der Waals surface area contributed by atoms with Gasteiger partial charge in [-0.3, -0.25) is 0 Å². The van der Waals surface area contributed by atoms with Crippen molar-refractivity contribution in [3.8, 4) is 11.8 Å². The highest BCUT2D eigenvalue weighted by molar-refractivity contribution is 5.66. The van der Waals surface area contributed by atoms with Gasteiger partial charge in [0.2, 0.25) is 0 Å². The number of carbonyl (C=O) groups is 1. The molecule has 1 aromatic carbocycles. The van der Waals surface area contributed by atoms with Gasteiger partial charge in [-0.25, -0.2) is 4.79 Å². The molecule has 0 unspecified atom stereocenters. The van der Waals surface area contributed by atoms with Crippen molar-refractivity contribution in [2.45, 2.75) is 25.7 Å². The summed E-state index contributed by atoms with van der Waals surface area (Å²) in [5.74, 6) is 0.720. The quantitative estimate of drug-likeness (QED) is 0.773. The Morgan fingerprint density at radius 1 is 1.11 bits per heavy atom. The third-order valence-corrected chi connectivity index (χ3v) is 5.32. The number of rotatable bonds is 6. The van der Waals surface area contributed by atoms with E-state index in [9.17, 15) is 10.1 Å². The summed E-state index contributed by atoms with van der Waals surface area (Å²) in [6.45, 7) is 6.21. The van der Waals surface area contributed by atoms with Gasteiger partial charge in [0.05, 0.1) is 17.9 Å². The number of piperidine rings is 1. The number of benzene rings is 1. The summed E-state index contributed by atoms with van der Waals surface area (Å²) in [5, 5.41) is 18.6. The van der Waals surface area contributed by atoms with Crippen LogP contribution in [0.4, 0.5) is 10.5 Å². The van der Waals surface area contributed by atoms with Gasteiger partial charge in [0.25, 0.3) is 0 Å². The number of amides is 1. The molecule has 3 rings (SSSR count). The highest BCUT2D eigenvalue weighted by Gasteiger charge is 2.22. The predicted molar refractivity (Wildman–Crippen MR) is 103 cm³/mol. The van der Waals surface area contributed by atoms with Crippen LogP contribution in [0.25, 0.3) is 0 Å². The molecule has 1 aromatic rings. The van der Waals surface area contributed by atoms with Crippen LogP contribution < -0.4 is 9.64 Å². The van der Waals surface area contributed by atoms with E-state index >= 15 is 0 Å². The Labute approximate surface area is 160 Å². The van der Waals surface area contributed by atoms with Crippen LogP contribution in [0.5, 0.6) is 5.75 Å². The molecule has 2 aliphatic rings. The van der Waals surface area contributed by atoms with Gasteiger partial charge < -0.3 is 24.5 Å². The monoisotopic (exact) mass is 372 g/mol. The van der Waals surface area contributed by atoms with Crippen molar-refractivity contribution >= 4 is 11.8 Å². The topological polar surface area (TPSA) is 80.0 Å². The second-order valence-electron chi connectivity index (χ2n) is 7.15. The number of nitriles is 1. The maximum absolute atomic E-state index is 11.0. The van der Waals surface area contributed by atoms with Crippen LogP contribution in [0, 0.1) is 11.3 Å². The third kappa shape index (κ3) is 5.27. The van der Waals surface area contributed by atoms with E-state index in [-0.39, 0.29) is 0 Å². The minimum absolute atomic E-state index is 0.453.